The van der Waals surface area contributed by atoms with Crippen LogP contribution in [0.5, 0.6) is 0 Å². The normalized spacial score (nSPS) is 19.4. The van der Waals surface area contributed by atoms with Crippen LogP contribution in [-0.4, -0.2) is 41.8 Å². The number of rotatable bonds is 9. The molecule has 0 saturated heterocycles. The van der Waals surface area contributed by atoms with Crippen LogP contribution in [0.25, 0.3) is 11.1 Å². The predicted octanol–water partition coefficient (Wildman–Crippen LogP) is 6.95. The third-order valence-corrected chi connectivity index (χ3v) is 13.5. The molecule has 4 aromatic carbocycles. The van der Waals surface area contributed by atoms with Crippen molar-refractivity contribution >= 4 is 45.8 Å². The van der Waals surface area contributed by atoms with Crippen molar-refractivity contribution in [2.45, 2.75) is 104 Å². The Morgan fingerprint density at radius 2 is 1.27 bits per heavy atom. The van der Waals surface area contributed by atoms with Gasteiger partial charge in [0.15, 0.2) is 11.3 Å². The van der Waals surface area contributed by atoms with Crippen LogP contribution in [0.3, 0.4) is 0 Å². The molecule has 0 spiro atoms. The van der Waals surface area contributed by atoms with E-state index in [0.29, 0.717) is 33.3 Å². The van der Waals surface area contributed by atoms with Gasteiger partial charge in [0.25, 0.3) is 11.8 Å². The van der Waals surface area contributed by atoms with E-state index in [1.165, 1.54) is 0 Å². The second-order valence-electron chi connectivity index (χ2n) is 17.5. The lowest BCUT2D eigenvalue weighted by atomic mass is 9.70. The predicted molar refractivity (Wildman–Crippen MR) is 225 cm³/mol. The largest absolute Gasteiger partial charge is 0.871 e. The topological polar surface area (TPSA) is 105 Å². The van der Waals surface area contributed by atoms with E-state index in [4.69, 9.17) is 0 Å². The fourth-order valence-corrected chi connectivity index (χ4v) is 8.88. The average Bonchev–Trinajstić information content (AvgIpc) is 3.40. The lowest BCUT2D eigenvalue weighted by molar-refractivity contribution is -0.292. The molecular formula is C48H54N4O4. The summed E-state index contributed by atoms with van der Waals surface area (Å²) in [5, 5.41) is 22.3. The van der Waals surface area contributed by atoms with E-state index in [0.717, 1.165) is 48.1 Å². The van der Waals surface area contributed by atoms with Gasteiger partial charge in [-0.3, -0.25) is 14.4 Å². The average molecular weight is 751 g/mol. The van der Waals surface area contributed by atoms with Gasteiger partial charge in [-0.15, -0.1) is 0 Å². The van der Waals surface area contributed by atoms with Crippen LogP contribution in [-0.2, 0) is 15.6 Å². The Bertz CT molecular complexity index is 2460. The Hall–Kier alpha value is -5.50. The molecule has 2 amide bonds. The summed E-state index contributed by atoms with van der Waals surface area (Å²) in [5.41, 5.74) is 3.93. The van der Waals surface area contributed by atoms with Gasteiger partial charge in [-0.1, -0.05) is 69.9 Å². The van der Waals surface area contributed by atoms with Crippen molar-refractivity contribution in [1.29, 1.82) is 0 Å². The summed E-state index contributed by atoms with van der Waals surface area (Å²) in [4.78, 5) is 44.6. The van der Waals surface area contributed by atoms with E-state index in [1.807, 2.05) is 36.4 Å². The van der Waals surface area contributed by atoms with E-state index >= 15 is 0 Å². The number of nitrogens with one attached hydrogen (secondary N) is 2. The number of Topliss-reactive ketones (excluding diaryl/α,β-unsaturated/α-hetero) is 1. The van der Waals surface area contributed by atoms with Crippen molar-refractivity contribution in [3.05, 3.63) is 129 Å². The lowest BCUT2D eigenvalue weighted by Crippen LogP contribution is -2.51. The molecule has 3 aliphatic rings. The molecule has 0 aromatic heterocycles. The van der Waals surface area contributed by atoms with Gasteiger partial charge in [-0.25, -0.2) is 4.58 Å². The van der Waals surface area contributed by atoms with Crippen molar-refractivity contribution in [3.8, 4) is 0 Å². The van der Waals surface area contributed by atoms with Gasteiger partial charge in [0.2, 0.25) is 5.36 Å². The Labute approximate surface area is 330 Å². The molecule has 0 fully saturated rings. The summed E-state index contributed by atoms with van der Waals surface area (Å²) in [6.45, 7) is 23.5. The summed E-state index contributed by atoms with van der Waals surface area (Å²) < 4.78 is 2.37. The van der Waals surface area contributed by atoms with Crippen molar-refractivity contribution < 1.29 is 19.5 Å². The van der Waals surface area contributed by atoms with Crippen LogP contribution in [0.15, 0.2) is 90.7 Å². The summed E-state index contributed by atoms with van der Waals surface area (Å²) >= 11 is 0. The van der Waals surface area contributed by atoms with Gasteiger partial charge in [-0.2, -0.15) is 0 Å². The number of hydrogen-bond donors (Lipinski definition) is 2. The van der Waals surface area contributed by atoms with Gasteiger partial charge in [0.05, 0.1) is 16.8 Å². The second-order valence-corrected chi connectivity index (χ2v) is 17.5. The SMILES string of the molecule is CCCN1c2cc(NC(=O)c3ccccc3)c(C3=C([O-])/C(=c4/cc5c(cc4NC(=O)c4ccccc4)=[N+](CCC)C(C)(C)C5(C)C)C3=O)cc2C(C)(C)C1(C)C. The minimum absolute atomic E-state index is 0.0294. The number of ketones is 1. The summed E-state index contributed by atoms with van der Waals surface area (Å²) in [5.74, 6) is -1.50. The third kappa shape index (κ3) is 5.70. The molecule has 8 heteroatoms. The number of allylic oxidation sites excluding steroid dienone is 2. The Morgan fingerprint density at radius 3 is 1.80 bits per heavy atom. The molecule has 1 aliphatic carbocycles. The van der Waals surface area contributed by atoms with Crippen LogP contribution in [0.2, 0.25) is 0 Å². The van der Waals surface area contributed by atoms with Crippen molar-refractivity contribution in [2.24, 2.45) is 0 Å². The first-order chi connectivity index (χ1) is 26.4. The highest BCUT2D eigenvalue weighted by atomic mass is 16.3. The van der Waals surface area contributed by atoms with Gasteiger partial charge in [0, 0.05) is 88.1 Å². The van der Waals surface area contributed by atoms with Crippen molar-refractivity contribution in [1.82, 2.24) is 4.58 Å². The first kappa shape index (κ1) is 38.8. The fourth-order valence-electron chi connectivity index (χ4n) is 8.88. The van der Waals surface area contributed by atoms with Gasteiger partial charge in [-0.05, 0) is 82.1 Å². The summed E-state index contributed by atoms with van der Waals surface area (Å²) in [7, 11) is 0. The van der Waals surface area contributed by atoms with Crippen LogP contribution < -0.4 is 35.8 Å². The molecule has 56 heavy (non-hydrogen) atoms. The number of benzene rings is 4. The molecule has 0 unspecified atom stereocenters. The molecule has 290 valence electrons. The maximum absolute atomic E-state index is 14.8. The monoisotopic (exact) mass is 750 g/mol. The molecule has 2 aliphatic heterocycles. The summed E-state index contributed by atoms with van der Waals surface area (Å²) in [6.07, 6.45) is 1.85. The molecular weight excluding hydrogens is 697 g/mol. The first-order valence-corrected chi connectivity index (χ1v) is 19.9. The number of anilines is 3. The lowest BCUT2D eigenvalue weighted by Gasteiger charge is -2.42. The Kier molecular flexibility index (Phi) is 9.42. The summed E-state index contributed by atoms with van der Waals surface area (Å²) in [6, 6.07) is 25.6. The number of carbonyl (C=O) groups excluding carboxylic acids is 3. The zero-order valence-corrected chi connectivity index (χ0v) is 34.4. The van der Waals surface area contributed by atoms with E-state index in [2.05, 4.69) is 89.3 Å². The zero-order chi connectivity index (χ0) is 40.5. The molecule has 0 saturated carbocycles. The van der Waals surface area contributed by atoms with Crippen LogP contribution in [0.1, 0.15) is 119 Å². The highest BCUT2D eigenvalue weighted by molar-refractivity contribution is 6.52. The molecule has 0 radical (unpaired) electrons. The van der Waals surface area contributed by atoms with E-state index in [-0.39, 0.29) is 44.9 Å². The molecule has 7 rings (SSSR count). The molecule has 8 nitrogen and oxygen atoms in total. The molecule has 2 N–H and O–H groups in total. The molecule has 2 heterocycles. The van der Waals surface area contributed by atoms with Crippen LogP contribution in [0, 0.1) is 0 Å². The number of fused-ring (bicyclic) bond motifs is 2. The number of amides is 2. The number of hydrogen-bond acceptors (Lipinski definition) is 5. The van der Waals surface area contributed by atoms with E-state index in [1.54, 1.807) is 48.5 Å². The maximum atomic E-state index is 14.8. The smallest absolute Gasteiger partial charge is 0.255 e. The fraction of sp³-hybridized carbons (Fsp3) is 0.375. The quantitative estimate of drug-likeness (QED) is 0.180. The zero-order valence-electron chi connectivity index (χ0n) is 34.4. The van der Waals surface area contributed by atoms with E-state index in [9.17, 15) is 19.5 Å². The van der Waals surface area contributed by atoms with Gasteiger partial charge >= 0.3 is 0 Å². The van der Waals surface area contributed by atoms with Crippen molar-refractivity contribution in [3.63, 3.8) is 0 Å². The first-order valence-electron chi connectivity index (χ1n) is 19.9. The Balaban J connectivity index is 1.48. The van der Waals surface area contributed by atoms with Crippen LogP contribution >= 0.6 is 0 Å². The minimum atomic E-state index is -0.415. The van der Waals surface area contributed by atoms with Crippen molar-refractivity contribution in [2.75, 3.05) is 28.6 Å². The Morgan fingerprint density at radius 1 is 0.696 bits per heavy atom. The molecule has 0 bridgehead atoms. The molecule has 4 aromatic rings. The second kappa shape index (κ2) is 13.6. The number of nitrogens with zero attached hydrogens (tertiary/aromatic N) is 2. The van der Waals surface area contributed by atoms with E-state index < -0.39 is 11.5 Å². The standard InChI is InChI=1S/C48H54N4O4/c1-11-23-51-37-27-35(49-43(55)29-19-15-13-16-20-29)31(25-33(37)45(3,4)47(51,7)8)39-41(53)40(42(39)54)32-26-34-38(52(24-12-2)48(9,10)46(34,5)6)28-36(32)50-44(56)30-21-17-14-18-22-30/h13-22,25-28H,11-12,23-24H2,1-10H3,(H2,49,50,53,54,55,56). The third-order valence-electron chi connectivity index (χ3n) is 13.5. The highest BCUT2D eigenvalue weighted by Gasteiger charge is 2.54. The molecule has 0 atom stereocenters. The minimum Gasteiger partial charge on any atom is -0.871 e. The van der Waals surface area contributed by atoms with Crippen LogP contribution in [0.4, 0.5) is 17.1 Å². The highest BCUT2D eigenvalue weighted by Crippen LogP contribution is 2.54. The van der Waals surface area contributed by atoms with Gasteiger partial charge in [0.1, 0.15) is 6.54 Å². The maximum Gasteiger partial charge on any atom is 0.255 e. The van der Waals surface area contributed by atoms with Gasteiger partial charge < -0.3 is 20.6 Å². The number of carbonyl (C=O) groups is 3.